The summed E-state index contributed by atoms with van der Waals surface area (Å²) in [5, 5.41) is 0.760. The first-order valence-electron chi connectivity index (χ1n) is 14.8. The lowest BCUT2D eigenvalue weighted by Gasteiger charge is -2.17. The molecule has 214 valence electrons. The molecule has 0 atom stereocenters. The number of imidazole rings is 1. The predicted molar refractivity (Wildman–Crippen MR) is 167 cm³/mol. The summed E-state index contributed by atoms with van der Waals surface area (Å²) in [6.07, 6.45) is 3.70. The third kappa shape index (κ3) is 8.74. The summed E-state index contributed by atoms with van der Waals surface area (Å²) >= 11 is 5.97. The summed E-state index contributed by atoms with van der Waals surface area (Å²) < 4.78 is 14.5. The fraction of sp³-hybridized carbons (Fsp3) is 0.441. The summed E-state index contributed by atoms with van der Waals surface area (Å²) in [4.78, 5) is 7.45. The first kappa shape index (κ1) is 30.0. The molecule has 0 aliphatic rings. The van der Waals surface area contributed by atoms with Gasteiger partial charge in [0.1, 0.15) is 17.3 Å². The van der Waals surface area contributed by atoms with E-state index in [0.717, 1.165) is 91.8 Å². The second kappa shape index (κ2) is 15.1. The van der Waals surface area contributed by atoms with Crippen molar-refractivity contribution in [1.29, 1.82) is 0 Å². The molecule has 4 aromatic rings. The van der Waals surface area contributed by atoms with Crippen LogP contribution in [0.5, 0.6) is 11.5 Å². The van der Waals surface area contributed by atoms with Crippen LogP contribution in [-0.2, 0) is 25.8 Å². The molecule has 0 aliphatic carbocycles. The van der Waals surface area contributed by atoms with Crippen LogP contribution in [0.4, 0.5) is 0 Å². The molecule has 4 rings (SSSR count). The largest absolute Gasteiger partial charge is 0.493 e. The minimum atomic E-state index is 0.527. The zero-order valence-electron chi connectivity index (χ0n) is 24.5. The normalized spacial score (nSPS) is 11.6. The molecular formula is C34H44ClN3O2. The van der Waals surface area contributed by atoms with E-state index in [4.69, 9.17) is 26.1 Å². The molecule has 0 aliphatic heterocycles. The Bertz CT molecular complexity index is 1310. The average Bonchev–Trinajstić information content (AvgIpc) is 3.29. The van der Waals surface area contributed by atoms with Gasteiger partial charge in [-0.2, -0.15) is 0 Å². The number of aryl methyl sites for hydroxylation is 2. The van der Waals surface area contributed by atoms with Gasteiger partial charge < -0.3 is 18.9 Å². The highest BCUT2D eigenvalue weighted by Crippen LogP contribution is 2.25. The van der Waals surface area contributed by atoms with Gasteiger partial charge in [0.05, 0.1) is 24.2 Å². The van der Waals surface area contributed by atoms with Crippen LogP contribution in [0.15, 0.2) is 66.7 Å². The SMILES string of the molecule is CCN(CC)CCCOc1ccc2nc(CCc3ccc(OCCc4ccc(Cl)cc4)cc3)n(CC(C)C)c2c1. The van der Waals surface area contributed by atoms with E-state index in [-0.39, 0.29) is 0 Å². The summed E-state index contributed by atoms with van der Waals surface area (Å²) in [6, 6.07) is 22.7. The number of aromatic nitrogens is 2. The molecule has 0 bridgehead atoms. The molecule has 5 nitrogen and oxygen atoms in total. The van der Waals surface area contributed by atoms with Gasteiger partial charge in [0.15, 0.2) is 0 Å². The Morgan fingerprint density at radius 2 is 1.45 bits per heavy atom. The lowest BCUT2D eigenvalue weighted by atomic mass is 10.1. The number of nitrogens with zero attached hydrogens (tertiary/aromatic N) is 3. The van der Waals surface area contributed by atoms with E-state index in [2.05, 4.69) is 79.6 Å². The van der Waals surface area contributed by atoms with Gasteiger partial charge in [-0.15, -0.1) is 0 Å². The van der Waals surface area contributed by atoms with E-state index >= 15 is 0 Å². The Hall–Kier alpha value is -3.02. The van der Waals surface area contributed by atoms with Crippen molar-refractivity contribution >= 4 is 22.6 Å². The number of ether oxygens (including phenoxy) is 2. The van der Waals surface area contributed by atoms with Crippen LogP contribution in [-0.4, -0.2) is 47.3 Å². The maximum atomic E-state index is 6.14. The first-order chi connectivity index (χ1) is 19.4. The predicted octanol–water partition coefficient (Wildman–Crippen LogP) is 7.86. The number of rotatable bonds is 16. The fourth-order valence-corrected chi connectivity index (χ4v) is 5.09. The second-order valence-electron chi connectivity index (χ2n) is 10.8. The highest BCUT2D eigenvalue weighted by atomic mass is 35.5. The number of benzene rings is 3. The van der Waals surface area contributed by atoms with Crippen LogP contribution in [0, 0.1) is 5.92 Å². The van der Waals surface area contributed by atoms with Gasteiger partial charge in [-0.1, -0.05) is 63.6 Å². The Kier molecular flexibility index (Phi) is 11.3. The Balaban J connectivity index is 1.34. The van der Waals surface area contributed by atoms with Gasteiger partial charge in [-0.25, -0.2) is 4.98 Å². The molecule has 0 radical (unpaired) electrons. The van der Waals surface area contributed by atoms with Crippen LogP contribution in [0.2, 0.25) is 5.02 Å². The molecule has 0 saturated carbocycles. The maximum Gasteiger partial charge on any atom is 0.121 e. The van der Waals surface area contributed by atoms with Crippen molar-refractivity contribution in [3.63, 3.8) is 0 Å². The molecular weight excluding hydrogens is 518 g/mol. The Morgan fingerprint density at radius 1 is 0.800 bits per heavy atom. The third-order valence-electron chi connectivity index (χ3n) is 7.26. The standard InChI is InChI=1S/C34H44ClN3O2/c1-5-37(6-2)21-7-22-39-31-17-18-32-33(24-31)38(25-26(3)4)34(36-32)19-12-27-10-15-30(16-11-27)40-23-20-28-8-13-29(35)14-9-28/h8-11,13-18,24,26H,5-7,12,19-23,25H2,1-4H3. The van der Waals surface area contributed by atoms with E-state index in [9.17, 15) is 0 Å². The Labute approximate surface area is 245 Å². The van der Waals surface area contributed by atoms with Crippen LogP contribution in [0.1, 0.15) is 51.1 Å². The second-order valence-corrected chi connectivity index (χ2v) is 11.2. The molecule has 40 heavy (non-hydrogen) atoms. The van der Waals surface area contributed by atoms with Crippen molar-refractivity contribution in [2.24, 2.45) is 5.92 Å². The van der Waals surface area contributed by atoms with Crippen LogP contribution in [0.3, 0.4) is 0 Å². The van der Waals surface area contributed by atoms with Gasteiger partial charge >= 0.3 is 0 Å². The first-order valence-corrected chi connectivity index (χ1v) is 15.1. The highest BCUT2D eigenvalue weighted by Gasteiger charge is 2.13. The molecule has 1 heterocycles. The van der Waals surface area contributed by atoms with E-state index in [1.165, 1.54) is 11.1 Å². The molecule has 1 aromatic heterocycles. The van der Waals surface area contributed by atoms with Crippen molar-refractivity contribution < 1.29 is 9.47 Å². The number of hydrogen-bond acceptors (Lipinski definition) is 4. The minimum Gasteiger partial charge on any atom is -0.493 e. The maximum absolute atomic E-state index is 6.14. The zero-order chi connectivity index (χ0) is 28.3. The van der Waals surface area contributed by atoms with Crippen molar-refractivity contribution in [3.8, 4) is 11.5 Å². The minimum absolute atomic E-state index is 0.527. The topological polar surface area (TPSA) is 39.5 Å². The van der Waals surface area contributed by atoms with Gasteiger partial charge in [0.2, 0.25) is 0 Å². The van der Waals surface area contributed by atoms with E-state index in [1.54, 1.807) is 0 Å². The molecule has 0 saturated heterocycles. The van der Waals surface area contributed by atoms with Gasteiger partial charge in [0.25, 0.3) is 0 Å². The smallest absolute Gasteiger partial charge is 0.121 e. The molecule has 0 N–H and O–H groups in total. The van der Waals surface area contributed by atoms with E-state index in [0.29, 0.717) is 12.5 Å². The monoisotopic (exact) mass is 561 g/mol. The third-order valence-corrected chi connectivity index (χ3v) is 7.51. The van der Waals surface area contributed by atoms with Crippen LogP contribution < -0.4 is 9.47 Å². The average molecular weight is 562 g/mol. The molecule has 3 aromatic carbocycles. The lowest BCUT2D eigenvalue weighted by Crippen LogP contribution is -2.25. The molecule has 6 heteroatoms. The fourth-order valence-electron chi connectivity index (χ4n) is 4.97. The molecule has 0 unspecified atom stereocenters. The van der Waals surface area contributed by atoms with E-state index < -0.39 is 0 Å². The van der Waals surface area contributed by atoms with Gasteiger partial charge in [0, 0.05) is 37.0 Å². The number of halogens is 1. The summed E-state index contributed by atoms with van der Waals surface area (Å²) in [5.41, 5.74) is 4.70. The molecule has 0 spiro atoms. The highest BCUT2D eigenvalue weighted by molar-refractivity contribution is 6.30. The molecule has 0 amide bonds. The zero-order valence-corrected chi connectivity index (χ0v) is 25.3. The lowest BCUT2D eigenvalue weighted by molar-refractivity contribution is 0.249. The summed E-state index contributed by atoms with van der Waals surface area (Å²) in [6.45, 7) is 14.5. The quantitative estimate of drug-likeness (QED) is 0.130. The van der Waals surface area contributed by atoms with E-state index in [1.807, 2.05) is 24.3 Å². The van der Waals surface area contributed by atoms with Crippen molar-refractivity contribution in [3.05, 3.63) is 88.7 Å². The number of fused-ring (bicyclic) bond motifs is 1. The van der Waals surface area contributed by atoms with Crippen molar-refractivity contribution in [2.45, 2.75) is 59.9 Å². The summed E-state index contributed by atoms with van der Waals surface area (Å²) in [5.74, 6) is 3.48. The number of hydrogen-bond donors (Lipinski definition) is 0. The summed E-state index contributed by atoms with van der Waals surface area (Å²) in [7, 11) is 0. The van der Waals surface area contributed by atoms with Crippen LogP contribution in [0.25, 0.3) is 11.0 Å². The Morgan fingerprint density at radius 3 is 2.15 bits per heavy atom. The van der Waals surface area contributed by atoms with Crippen molar-refractivity contribution in [1.82, 2.24) is 14.5 Å². The van der Waals surface area contributed by atoms with Gasteiger partial charge in [-0.05, 0) is 79.4 Å². The molecule has 0 fully saturated rings. The van der Waals surface area contributed by atoms with Crippen molar-refractivity contribution in [2.75, 3.05) is 32.8 Å². The van der Waals surface area contributed by atoms with Gasteiger partial charge in [-0.3, -0.25) is 0 Å². The van der Waals surface area contributed by atoms with Crippen LogP contribution >= 0.6 is 11.6 Å².